The van der Waals surface area contributed by atoms with E-state index in [1.54, 1.807) is 12.3 Å². The smallest absolute Gasteiger partial charge is 0.341 e. The molecule has 8 heteroatoms. The number of nitrogens with zero attached hydrogens (tertiary/aromatic N) is 2. The highest BCUT2D eigenvalue weighted by atomic mass is 35.5. The van der Waals surface area contributed by atoms with Crippen molar-refractivity contribution in [1.29, 1.82) is 0 Å². The van der Waals surface area contributed by atoms with Gasteiger partial charge in [-0.1, -0.05) is 35.9 Å². The highest BCUT2D eigenvalue weighted by Gasteiger charge is 2.33. The number of benzene rings is 2. The number of pyridine rings is 1. The fraction of sp³-hybridized carbons (Fsp3) is 0.310. The number of halogens is 1. The van der Waals surface area contributed by atoms with E-state index >= 15 is 0 Å². The van der Waals surface area contributed by atoms with Gasteiger partial charge in [0.2, 0.25) is 0 Å². The maximum atomic E-state index is 11.2. The summed E-state index contributed by atoms with van der Waals surface area (Å²) in [6, 6.07) is 16.8. The third-order valence-electron chi connectivity index (χ3n) is 7.01. The number of carboxylic acids is 1. The van der Waals surface area contributed by atoms with Crippen molar-refractivity contribution in [2.24, 2.45) is 0 Å². The monoisotopic (exact) mass is 520 g/mol. The lowest BCUT2D eigenvalue weighted by Gasteiger charge is -2.38. The van der Waals surface area contributed by atoms with Crippen LogP contribution >= 0.6 is 11.6 Å². The van der Waals surface area contributed by atoms with Crippen molar-refractivity contribution >= 4 is 23.1 Å². The summed E-state index contributed by atoms with van der Waals surface area (Å²) in [6.45, 7) is 2.39. The molecule has 7 nitrogen and oxygen atoms in total. The number of aromatic nitrogens is 1. The molecule has 0 amide bonds. The SMILES string of the molecule is O=C(O)COc1ccc2c(c1)C(=CCCN1CCC(O)(c3ccc(Cl)cc3)CC1)c1cccnc1CO2. The van der Waals surface area contributed by atoms with Crippen LogP contribution < -0.4 is 9.47 Å². The van der Waals surface area contributed by atoms with Gasteiger partial charge < -0.3 is 24.6 Å². The van der Waals surface area contributed by atoms with Gasteiger partial charge in [-0.25, -0.2) is 4.79 Å². The van der Waals surface area contributed by atoms with E-state index in [2.05, 4.69) is 16.0 Å². The Bertz CT molecular complexity index is 1300. The van der Waals surface area contributed by atoms with E-state index in [1.807, 2.05) is 48.5 Å². The molecule has 2 aromatic carbocycles. The molecular formula is C29H29ClN2O5. The molecule has 0 unspecified atom stereocenters. The number of hydrogen-bond donors (Lipinski definition) is 2. The maximum Gasteiger partial charge on any atom is 0.341 e. The van der Waals surface area contributed by atoms with Gasteiger partial charge in [0, 0.05) is 42.0 Å². The number of fused-ring (bicyclic) bond motifs is 2. The van der Waals surface area contributed by atoms with Crippen LogP contribution in [0.15, 0.2) is 66.9 Å². The first-order valence-electron chi connectivity index (χ1n) is 12.4. The quantitative estimate of drug-likeness (QED) is 0.458. The van der Waals surface area contributed by atoms with Crippen molar-refractivity contribution in [3.63, 3.8) is 0 Å². The second-order valence-corrected chi connectivity index (χ2v) is 9.85. The molecule has 3 aromatic rings. The topological polar surface area (TPSA) is 92.1 Å². The van der Waals surface area contributed by atoms with Crippen molar-refractivity contribution < 1.29 is 24.5 Å². The van der Waals surface area contributed by atoms with E-state index in [-0.39, 0.29) is 0 Å². The summed E-state index contributed by atoms with van der Waals surface area (Å²) in [5.41, 5.74) is 3.78. The second kappa shape index (κ2) is 10.9. The predicted octanol–water partition coefficient (Wildman–Crippen LogP) is 4.90. The summed E-state index contributed by atoms with van der Waals surface area (Å²) in [4.78, 5) is 17.9. The molecule has 1 fully saturated rings. The first-order chi connectivity index (χ1) is 17.9. The van der Waals surface area contributed by atoms with Gasteiger partial charge >= 0.3 is 5.97 Å². The van der Waals surface area contributed by atoms with Crippen LogP contribution in [0.1, 0.15) is 41.6 Å². The molecule has 2 aliphatic heterocycles. The zero-order chi connectivity index (χ0) is 25.8. The second-order valence-electron chi connectivity index (χ2n) is 9.41. The van der Waals surface area contributed by atoms with Crippen LogP contribution in [0.3, 0.4) is 0 Å². The normalized spacial score (nSPS) is 17.8. The number of aliphatic carboxylic acids is 1. The van der Waals surface area contributed by atoms with Gasteiger partial charge in [-0.3, -0.25) is 4.98 Å². The lowest BCUT2D eigenvalue weighted by atomic mass is 9.84. The van der Waals surface area contributed by atoms with Gasteiger partial charge in [-0.2, -0.15) is 0 Å². The lowest BCUT2D eigenvalue weighted by molar-refractivity contribution is -0.139. The van der Waals surface area contributed by atoms with Crippen LogP contribution in [0.5, 0.6) is 11.5 Å². The minimum atomic E-state index is -1.03. The van der Waals surface area contributed by atoms with Crippen LogP contribution in [0, 0.1) is 0 Å². The summed E-state index contributed by atoms with van der Waals surface area (Å²) in [5, 5.41) is 20.8. The fourth-order valence-electron chi connectivity index (χ4n) is 4.98. The van der Waals surface area contributed by atoms with Crippen LogP contribution in [0.4, 0.5) is 0 Å². The molecule has 0 atom stereocenters. The van der Waals surface area contributed by atoms with Crippen molar-refractivity contribution in [3.8, 4) is 11.5 Å². The Labute approximate surface area is 220 Å². The summed E-state index contributed by atoms with van der Waals surface area (Å²) < 4.78 is 11.5. The summed E-state index contributed by atoms with van der Waals surface area (Å²) >= 11 is 6.01. The molecule has 192 valence electrons. The Balaban J connectivity index is 1.32. The fourth-order valence-corrected chi connectivity index (χ4v) is 5.10. The molecule has 2 N–H and O–H groups in total. The van der Waals surface area contributed by atoms with Gasteiger partial charge in [-0.15, -0.1) is 0 Å². The number of piperidine rings is 1. The third-order valence-corrected chi connectivity index (χ3v) is 7.26. The Morgan fingerprint density at radius 2 is 1.92 bits per heavy atom. The minimum Gasteiger partial charge on any atom is -0.487 e. The predicted molar refractivity (Wildman–Crippen MR) is 141 cm³/mol. The standard InChI is InChI=1S/C29H29ClN2O5/c30-21-7-5-20(6-8-21)29(35)11-15-32(16-12-29)14-2-4-23-24-3-1-13-31-26(24)18-37-27-10-9-22(17-25(23)27)36-19-28(33)34/h1,3-10,13,17,35H,2,11-12,14-16,18-19H2,(H,33,34). The van der Waals surface area contributed by atoms with Gasteiger partial charge in [0.05, 0.1) is 11.3 Å². The van der Waals surface area contributed by atoms with Gasteiger partial charge in [0.25, 0.3) is 0 Å². The number of likely N-dealkylation sites (tertiary alicyclic amines) is 1. The van der Waals surface area contributed by atoms with E-state index in [9.17, 15) is 9.90 Å². The van der Waals surface area contributed by atoms with E-state index in [4.69, 9.17) is 26.2 Å². The van der Waals surface area contributed by atoms with Gasteiger partial charge in [0.15, 0.2) is 6.61 Å². The molecule has 0 spiro atoms. The van der Waals surface area contributed by atoms with E-state index < -0.39 is 18.2 Å². The number of aliphatic hydroxyl groups is 1. The Hall–Kier alpha value is -3.39. The molecule has 0 aliphatic carbocycles. The number of hydrogen-bond acceptors (Lipinski definition) is 6. The zero-order valence-electron chi connectivity index (χ0n) is 20.4. The number of rotatable bonds is 7. The van der Waals surface area contributed by atoms with Crippen LogP contribution in [-0.4, -0.2) is 52.3 Å². The molecule has 5 rings (SSSR count). The van der Waals surface area contributed by atoms with Gasteiger partial charge in [0.1, 0.15) is 18.1 Å². The molecule has 0 radical (unpaired) electrons. The summed E-state index contributed by atoms with van der Waals surface area (Å²) in [6.07, 6.45) is 6.07. The highest BCUT2D eigenvalue weighted by molar-refractivity contribution is 6.30. The Morgan fingerprint density at radius 3 is 2.68 bits per heavy atom. The van der Waals surface area contributed by atoms with Crippen molar-refractivity contribution in [3.05, 3.63) is 94.3 Å². The van der Waals surface area contributed by atoms with E-state index in [1.165, 1.54) is 0 Å². The van der Waals surface area contributed by atoms with E-state index in [0.29, 0.717) is 36.0 Å². The molecule has 1 aromatic heterocycles. The number of carbonyl (C=O) groups is 1. The third kappa shape index (κ3) is 5.80. The zero-order valence-corrected chi connectivity index (χ0v) is 21.2. The van der Waals surface area contributed by atoms with Gasteiger partial charge in [-0.05, 0) is 66.8 Å². The summed E-state index contributed by atoms with van der Waals surface area (Å²) in [5.74, 6) is 0.152. The Kier molecular flexibility index (Phi) is 7.46. The maximum absolute atomic E-state index is 11.2. The van der Waals surface area contributed by atoms with E-state index in [0.717, 1.165) is 54.0 Å². The average molecular weight is 521 g/mol. The van der Waals surface area contributed by atoms with Crippen LogP contribution in [-0.2, 0) is 17.0 Å². The Morgan fingerprint density at radius 1 is 1.14 bits per heavy atom. The van der Waals surface area contributed by atoms with Crippen LogP contribution in [0.25, 0.3) is 5.57 Å². The molecule has 1 saturated heterocycles. The first-order valence-corrected chi connectivity index (χ1v) is 12.8. The molecule has 2 aliphatic rings. The van der Waals surface area contributed by atoms with Crippen LogP contribution in [0.2, 0.25) is 5.02 Å². The van der Waals surface area contributed by atoms with Crippen molar-refractivity contribution in [2.45, 2.75) is 31.5 Å². The molecule has 0 bridgehead atoms. The number of carboxylic acid groups (broad SMARTS) is 1. The van der Waals surface area contributed by atoms with Crippen molar-refractivity contribution in [2.75, 3.05) is 26.2 Å². The average Bonchev–Trinajstić information content (AvgIpc) is 3.06. The summed E-state index contributed by atoms with van der Waals surface area (Å²) in [7, 11) is 0. The van der Waals surface area contributed by atoms with Crippen molar-refractivity contribution in [1.82, 2.24) is 9.88 Å². The largest absolute Gasteiger partial charge is 0.487 e. The minimum absolute atomic E-state index is 0.352. The first kappa shape index (κ1) is 25.3. The number of ether oxygens (including phenoxy) is 2. The molecule has 0 saturated carbocycles. The lowest BCUT2D eigenvalue weighted by Crippen LogP contribution is -2.42. The molecule has 37 heavy (non-hydrogen) atoms. The highest BCUT2D eigenvalue weighted by Crippen LogP contribution is 2.39. The molecular weight excluding hydrogens is 492 g/mol. The molecule has 3 heterocycles.